The van der Waals surface area contributed by atoms with Crippen molar-refractivity contribution in [3.05, 3.63) is 271 Å². The van der Waals surface area contributed by atoms with Crippen molar-refractivity contribution in [2.45, 2.75) is 20.8 Å². The van der Waals surface area contributed by atoms with Gasteiger partial charge in [0.1, 0.15) is 0 Å². The first kappa shape index (κ1) is 49.2. The van der Waals surface area contributed by atoms with Crippen LogP contribution in [0.3, 0.4) is 0 Å². The van der Waals surface area contributed by atoms with Gasteiger partial charge in [-0.05, 0) is 142 Å². The molecule has 10 aromatic rings. The Kier molecular flexibility index (Phi) is 14.8. The van der Waals surface area contributed by atoms with E-state index in [0.29, 0.717) is 36.7 Å². The lowest BCUT2D eigenvalue weighted by molar-refractivity contribution is 0.0987. The van der Waals surface area contributed by atoms with E-state index in [9.17, 15) is 14.4 Å². The highest BCUT2D eigenvalue weighted by atomic mass is 16.2. The highest BCUT2D eigenvalue weighted by molar-refractivity contribution is 6.14. The number of carbonyl (C=O) groups is 3. The zero-order valence-corrected chi connectivity index (χ0v) is 42.4. The molecule has 0 heterocycles. The first-order chi connectivity index (χ1) is 36.8. The van der Waals surface area contributed by atoms with E-state index >= 15 is 0 Å². The highest BCUT2D eigenvalue weighted by Crippen LogP contribution is 2.32. The molecule has 0 atom stereocenters. The van der Waals surface area contributed by atoms with Crippen LogP contribution in [-0.2, 0) is 0 Å². The SMILES string of the molecule is CCN(C(=O)c1cc(C(=O)N(CC)c2ccc(-c3ccc(-c4ccccc4)cc3)cc2)cc(C(=O)N(CC)c2ccc(-c3ccc(-c4ccccc4)cc3)cc2)c1)c1ccc(-c2ccc(-c3ccccc3)cc2)cc1. The zero-order chi connectivity index (χ0) is 51.7. The first-order valence-corrected chi connectivity index (χ1v) is 25.7. The lowest BCUT2D eigenvalue weighted by Gasteiger charge is -2.25. The quantitative estimate of drug-likeness (QED) is 0.103. The lowest BCUT2D eigenvalue weighted by atomic mass is 9.99. The molecule has 0 fully saturated rings. The number of benzene rings is 10. The normalized spacial score (nSPS) is 10.9. The fraction of sp³-hybridized carbons (Fsp3) is 0.0870. The van der Waals surface area contributed by atoms with Gasteiger partial charge in [-0.3, -0.25) is 14.4 Å². The summed E-state index contributed by atoms with van der Waals surface area (Å²) >= 11 is 0. The van der Waals surface area contributed by atoms with E-state index < -0.39 is 0 Å². The average molecular weight is 976 g/mol. The highest BCUT2D eigenvalue weighted by Gasteiger charge is 2.26. The fourth-order valence-corrected chi connectivity index (χ4v) is 9.75. The minimum atomic E-state index is -0.322. The van der Waals surface area contributed by atoms with E-state index in [1.165, 1.54) is 0 Å². The van der Waals surface area contributed by atoms with Crippen molar-refractivity contribution < 1.29 is 14.4 Å². The Hall–Kier alpha value is -9.39. The van der Waals surface area contributed by atoms with Crippen LogP contribution < -0.4 is 14.7 Å². The summed E-state index contributed by atoms with van der Waals surface area (Å²) in [7, 11) is 0. The van der Waals surface area contributed by atoms with E-state index in [2.05, 4.69) is 109 Å². The Balaban J connectivity index is 0.942. The third kappa shape index (κ3) is 10.9. The van der Waals surface area contributed by atoms with Gasteiger partial charge in [0.15, 0.2) is 0 Å². The maximum atomic E-state index is 14.9. The summed E-state index contributed by atoms with van der Waals surface area (Å²) in [4.78, 5) is 49.7. The van der Waals surface area contributed by atoms with Gasteiger partial charge in [-0.1, -0.05) is 200 Å². The third-order valence-electron chi connectivity index (χ3n) is 13.9. The van der Waals surface area contributed by atoms with Gasteiger partial charge < -0.3 is 14.7 Å². The molecule has 0 bridgehead atoms. The molecule has 0 aromatic heterocycles. The molecule has 0 spiro atoms. The Labute approximate surface area is 440 Å². The molecule has 0 aliphatic rings. The van der Waals surface area contributed by atoms with E-state index in [4.69, 9.17) is 0 Å². The van der Waals surface area contributed by atoms with E-state index in [0.717, 1.165) is 66.8 Å². The standard InChI is InChI=1S/C69H57N3O3/c1-4-70(64-40-34-58(35-41-64)55-28-22-52(23-29-55)49-16-10-7-11-17-49)67(73)61-46-62(68(74)71(5-2)65-42-36-59(37-43-65)56-30-24-53(25-31-56)50-18-12-8-13-19-50)48-63(47-61)69(75)72(6-3)66-44-38-60(39-45-66)57-32-26-54(27-33-57)51-20-14-9-15-21-51/h7-48H,4-6H2,1-3H3. The van der Waals surface area contributed by atoms with Crippen molar-refractivity contribution in [3.8, 4) is 66.8 Å². The Bertz CT molecular complexity index is 3150. The predicted molar refractivity (Wildman–Crippen MR) is 310 cm³/mol. The number of hydrogen-bond acceptors (Lipinski definition) is 3. The number of amides is 3. The molecule has 0 N–H and O–H groups in total. The summed E-state index contributed by atoms with van der Waals surface area (Å²) in [6.45, 7) is 6.85. The predicted octanol–water partition coefficient (Wildman–Crippen LogP) is 16.7. The summed E-state index contributed by atoms with van der Waals surface area (Å²) < 4.78 is 0. The summed E-state index contributed by atoms with van der Waals surface area (Å²) in [6, 6.07) is 84.9. The van der Waals surface area contributed by atoms with Crippen LogP contribution in [0.5, 0.6) is 0 Å². The Morgan fingerprint density at radius 2 is 0.400 bits per heavy atom. The maximum Gasteiger partial charge on any atom is 0.258 e. The van der Waals surface area contributed by atoms with Gasteiger partial charge in [0, 0.05) is 53.4 Å². The summed E-state index contributed by atoms with van der Waals surface area (Å²) in [5.41, 5.74) is 15.9. The minimum absolute atomic E-state index is 0.238. The molecule has 0 radical (unpaired) electrons. The van der Waals surface area contributed by atoms with Gasteiger partial charge >= 0.3 is 0 Å². The molecule has 366 valence electrons. The van der Waals surface area contributed by atoms with Crippen LogP contribution in [-0.4, -0.2) is 37.4 Å². The largest absolute Gasteiger partial charge is 0.309 e. The maximum absolute atomic E-state index is 14.9. The van der Waals surface area contributed by atoms with Crippen molar-refractivity contribution in [3.63, 3.8) is 0 Å². The van der Waals surface area contributed by atoms with Gasteiger partial charge in [-0.25, -0.2) is 0 Å². The second kappa shape index (κ2) is 22.6. The topological polar surface area (TPSA) is 60.9 Å². The molecular formula is C69H57N3O3. The van der Waals surface area contributed by atoms with Crippen LogP contribution in [0.1, 0.15) is 51.8 Å². The summed E-state index contributed by atoms with van der Waals surface area (Å²) in [5.74, 6) is -0.965. The van der Waals surface area contributed by atoms with Crippen molar-refractivity contribution in [2.24, 2.45) is 0 Å². The molecular weight excluding hydrogens is 919 g/mol. The van der Waals surface area contributed by atoms with Gasteiger partial charge in [-0.15, -0.1) is 0 Å². The van der Waals surface area contributed by atoms with Gasteiger partial charge in [0.05, 0.1) is 0 Å². The lowest BCUT2D eigenvalue weighted by Crippen LogP contribution is -2.34. The molecule has 75 heavy (non-hydrogen) atoms. The molecule has 10 rings (SSSR count). The molecule has 6 heteroatoms. The first-order valence-electron chi connectivity index (χ1n) is 25.7. The number of nitrogens with zero attached hydrogens (tertiary/aromatic N) is 3. The number of carbonyl (C=O) groups excluding carboxylic acids is 3. The molecule has 10 aromatic carbocycles. The van der Waals surface area contributed by atoms with Crippen LogP contribution >= 0.6 is 0 Å². The van der Waals surface area contributed by atoms with Crippen molar-refractivity contribution >= 4 is 34.8 Å². The van der Waals surface area contributed by atoms with E-state index in [-0.39, 0.29) is 34.4 Å². The van der Waals surface area contributed by atoms with Gasteiger partial charge in [-0.2, -0.15) is 0 Å². The molecule has 0 aliphatic heterocycles. The Morgan fingerprint density at radius 3 is 0.573 bits per heavy atom. The van der Waals surface area contributed by atoms with Crippen molar-refractivity contribution in [1.29, 1.82) is 0 Å². The second-order valence-corrected chi connectivity index (χ2v) is 18.4. The van der Waals surface area contributed by atoms with Crippen LogP contribution in [0.25, 0.3) is 66.8 Å². The number of hydrogen-bond donors (Lipinski definition) is 0. The average Bonchev–Trinajstić information content (AvgIpc) is 3.49. The summed E-state index contributed by atoms with van der Waals surface area (Å²) in [6.07, 6.45) is 0. The monoisotopic (exact) mass is 975 g/mol. The molecule has 0 saturated carbocycles. The van der Waals surface area contributed by atoms with E-state index in [1.54, 1.807) is 32.9 Å². The van der Waals surface area contributed by atoms with Gasteiger partial charge in [0.25, 0.3) is 17.7 Å². The van der Waals surface area contributed by atoms with Crippen LogP contribution in [0.2, 0.25) is 0 Å². The zero-order valence-electron chi connectivity index (χ0n) is 42.4. The number of rotatable bonds is 15. The van der Waals surface area contributed by atoms with Crippen LogP contribution in [0.4, 0.5) is 17.1 Å². The van der Waals surface area contributed by atoms with Crippen LogP contribution in [0, 0.1) is 0 Å². The molecule has 0 unspecified atom stereocenters. The second-order valence-electron chi connectivity index (χ2n) is 18.4. The van der Waals surface area contributed by atoms with Crippen molar-refractivity contribution in [2.75, 3.05) is 34.3 Å². The third-order valence-corrected chi connectivity index (χ3v) is 13.9. The fourth-order valence-electron chi connectivity index (χ4n) is 9.75. The number of anilines is 3. The molecule has 6 nitrogen and oxygen atoms in total. The van der Waals surface area contributed by atoms with Crippen molar-refractivity contribution in [1.82, 2.24) is 0 Å². The van der Waals surface area contributed by atoms with E-state index in [1.807, 2.05) is 148 Å². The Morgan fingerprint density at radius 1 is 0.240 bits per heavy atom. The smallest absolute Gasteiger partial charge is 0.258 e. The molecule has 0 saturated heterocycles. The summed E-state index contributed by atoms with van der Waals surface area (Å²) in [5, 5.41) is 0. The molecule has 3 amide bonds. The van der Waals surface area contributed by atoms with Gasteiger partial charge in [0.2, 0.25) is 0 Å². The van der Waals surface area contributed by atoms with Crippen LogP contribution in [0.15, 0.2) is 255 Å². The molecule has 0 aliphatic carbocycles. The minimum Gasteiger partial charge on any atom is -0.309 e.